The van der Waals surface area contributed by atoms with Crippen LogP contribution in [0.15, 0.2) is 34.7 Å². The third-order valence-electron chi connectivity index (χ3n) is 4.69. The molecule has 0 saturated carbocycles. The number of benzene rings is 1. The highest BCUT2D eigenvalue weighted by Gasteiger charge is 2.30. The molecule has 2 aromatic rings. The Balaban J connectivity index is 1.76. The van der Waals surface area contributed by atoms with Crippen molar-refractivity contribution in [3.8, 4) is 0 Å². The Morgan fingerprint density at radius 1 is 1.36 bits per heavy atom. The Morgan fingerprint density at radius 2 is 2.14 bits per heavy atom. The molecule has 0 spiro atoms. The Kier molecular flexibility index (Phi) is 4.21. The monoisotopic (exact) mass is 301 g/mol. The van der Waals surface area contributed by atoms with Gasteiger partial charge >= 0.3 is 0 Å². The van der Waals surface area contributed by atoms with Crippen molar-refractivity contribution in [2.45, 2.75) is 38.7 Å². The molecule has 0 aliphatic carbocycles. The molecular formula is C18H23NO3. The first-order valence-corrected chi connectivity index (χ1v) is 8.01. The highest BCUT2D eigenvalue weighted by atomic mass is 16.3. The van der Waals surface area contributed by atoms with Gasteiger partial charge in [0.15, 0.2) is 0 Å². The maximum absolute atomic E-state index is 12.7. The average molecular weight is 301 g/mol. The van der Waals surface area contributed by atoms with Crippen LogP contribution in [-0.4, -0.2) is 35.1 Å². The number of carbonyl (C=O) groups is 1. The van der Waals surface area contributed by atoms with Crippen molar-refractivity contribution in [3.63, 3.8) is 0 Å². The number of hydrogen-bond acceptors (Lipinski definition) is 3. The zero-order valence-corrected chi connectivity index (χ0v) is 13.2. The van der Waals surface area contributed by atoms with Gasteiger partial charge in [0, 0.05) is 24.4 Å². The molecule has 1 saturated heterocycles. The van der Waals surface area contributed by atoms with Crippen molar-refractivity contribution in [1.82, 2.24) is 4.90 Å². The summed E-state index contributed by atoms with van der Waals surface area (Å²) in [4.78, 5) is 14.6. The SMILES string of the molecule is CC(C(=O)N1CCCC(C(C)O)C1)c1cc2ccccc2o1. The molecule has 3 atom stereocenters. The van der Waals surface area contributed by atoms with Gasteiger partial charge in [0.05, 0.1) is 12.0 Å². The summed E-state index contributed by atoms with van der Waals surface area (Å²) in [6, 6.07) is 9.75. The van der Waals surface area contributed by atoms with Gasteiger partial charge in [0.2, 0.25) is 5.91 Å². The second-order valence-electron chi connectivity index (χ2n) is 6.34. The van der Waals surface area contributed by atoms with Gasteiger partial charge in [0.25, 0.3) is 0 Å². The fraction of sp³-hybridized carbons (Fsp3) is 0.500. The number of para-hydroxylation sites is 1. The molecule has 4 nitrogen and oxygen atoms in total. The summed E-state index contributed by atoms with van der Waals surface area (Å²) < 4.78 is 5.82. The minimum Gasteiger partial charge on any atom is -0.460 e. The van der Waals surface area contributed by atoms with E-state index in [0.717, 1.165) is 30.4 Å². The van der Waals surface area contributed by atoms with Gasteiger partial charge in [0.1, 0.15) is 11.3 Å². The van der Waals surface area contributed by atoms with Gasteiger partial charge in [-0.05, 0) is 38.8 Å². The molecule has 0 radical (unpaired) electrons. The number of nitrogens with zero attached hydrogens (tertiary/aromatic N) is 1. The standard InChI is InChI=1S/C18H23NO3/c1-12(17-10-14-6-3-4-8-16(14)22-17)18(21)19-9-5-7-15(11-19)13(2)20/h3-4,6,8,10,12-13,15,20H,5,7,9,11H2,1-2H3. The molecular weight excluding hydrogens is 278 g/mol. The van der Waals surface area contributed by atoms with E-state index in [0.29, 0.717) is 12.3 Å². The zero-order chi connectivity index (χ0) is 15.7. The molecule has 0 bridgehead atoms. The second kappa shape index (κ2) is 6.13. The number of aliphatic hydroxyl groups is 1. The maximum Gasteiger partial charge on any atom is 0.233 e. The highest BCUT2D eigenvalue weighted by molar-refractivity contribution is 5.85. The molecule has 3 rings (SSSR count). The van der Waals surface area contributed by atoms with Gasteiger partial charge in [-0.25, -0.2) is 0 Å². The van der Waals surface area contributed by atoms with Crippen LogP contribution in [-0.2, 0) is 4.79 Å². The average Bonchev–Trinajstić information content (AvgIpc) is 2.97. The number of hydrogen-bond donors (Lipinski definition) is 1. The normalized spacial score (nSPS) is 21.8. The lowest BCUT2D eigenvalue weighted by atomic mass is 9.92. The van der Waals surface area contributed by atoms with E-state index in [2.05, 4.69) is 0 Å². The molecule has 1 aromatic carbocycles. The van der Waals surface area contributed by atoms with Gasteiger partial charge in [-0.15, -0.1) is 0 Å². The highest BCUT2D eigenvalue weighted by Crippen LogP contribution is 2.28. The predicted molar refractivity (Wildman–Crippen MR) is 85.6 cm³/mol. The third-order valence-corrected chi connectivity index (χ3v) is 4.69. The molecule has 22 heavy (non-hydrogen) atoms. The number of fused-ring (bicyclic) bond motifs is 1. The molecule has 1 amide bonds. The fourth-order valence-electron chi connectivity index (χ4n) is 3.22. The van der Waals surface area contributed by atoms with Crippen molar-refractivity contribution < 1.29 is 14.3 Å². The summed E-state index contributed by atoms with van der Waals surface area (Å²) in [5.41, 5.74) is 0.817. The van der Waals surface area contributed by atoms with E-state index in [1.54, 1.807) is 6.92 Å². The molecule has 1 fully saturated rings. The smallest absolute Gasteiger partial charge is 0.233 e. The number of piperidine rings is 1. The van der Waals surface area contributed by atoms with Gasteiger partial charge in [-0.1, -0.05) is 18.2 Å². The van der Waals surface area contributed by atoms with E-state index in [1.807, 2.05) is 42.2 Å². The van der Waals surface area contributed by atoms with E-state index >= 15 is 0 Å². The molecule has 118 valence electrons. The Hall–Kier alpha value is -1.81. The van der Waals surface area contributed by atoms with Crippen LogP contribution < -0.4 is 0 Å². The lowest BCUT2D eigenvalue weighted by molar-refractivity contribution is -0.135. The van der Waals surface area contributed by atoms with Gasteiger partial charge in [-0.3, -0.25) is 4.79 Å². The number of aliphatic hydroxyl groups excluding tert-OH is 1. The predicted octanol–water partition coefficient (Wildman–Crippen LogP) is 3.16. The lowest BCUT2D eigenvalue weighted by Gasteiger charge is -2.35. The third kappa shape index (κ3) is 2.88. The Morgan fingerprint density at radius 3 is 2.86 bits per heavy atom. The van der Waals surface area contributed by atoms with Crippen molar-refractivity contribution in [3.05, 3.63) is 36.1 Å². The quantitative estimate of drug-likeness (QED) is 0.947. The van der Waals surface area contributed by atoms with E-state index in [4.69, 9.17) is 4.42 Å². The fourth-order valence-corrected chi connectivity index (χ4v) is 3.22. The number of furan rings is 1. The summed E-state index contributed by atoms with van der Waals surface area (Å²) in [5, 5.41) is 10.8. The van der Waals surface area contributed by atoms with Crippen LogP contribution in [0.4, 0.5) is 0 Å². The minimum absolute atomic E-state index is 0.0874. The molecule has 4 heteroatoms. The first kappa shape index (κ1) is 15.1. The van der Waals surface area contributed by atoms with Gasteiger partial charge in [-0.2, -0.15) is 0 Å². The molecule has 1 aliphatic rings. The van der Waals surface area contributed by atoms with Crippen LogP contribution in [0.25, 0.3) is 11.0 Å². The largest absolute Gasteiger partial charge is 0.460 e. The number of rotatable bonds is 3. The van der Waals surface area contributed by atoms with Crippen LogP contribution in [0.1, 0.15) is 38.4 Å². The van der Waals surface area contributed by atoms with Crippen molar-refractivity contribution in [1.29, 1.82) is 0 Å². The molecule has 1 N–H and O–H groups in total. The zero-order valence-electron chi connectivity index (χ0n) is 13.2. The van der Waals surface area contributed by atoms with E-state index in [1.165, 1.54) is 0 Å². The lowest BCUT2D eigenvalue weighted by Crippen LogP contribution is -2.44. The minimum atomic E-state index is -0.364. The summed E-state index contributed by atoms with van der Waals surface area (Å²) in [5.74, 6) is 0.690. The van der Waals surface area contributed by atoms with Crippen molar-refractivity contribution in [2.24, 2.45) is 5.92 Å². The van der Waals surface area contributed by atoms with Crippen LogP contribution in [0, 0.1) is 5.92 Å². The van der Waals surface area contributed by atoms with Crippen molar-refractivity contribution >= 4 is 16.9 Å². The van der Waals surface area contributed by atoms with E-state index < -0.39 is 0 Å². The first-order valence-electron chi connectivity index (χ1n) is 8.01. The van der Waals surface area contributed by atoms with Crippen LogP contribution in [0.2, 0.25) is 0 Å². The Bertz CT molecular complexity index is 628. The van der Waals surface area contributed by atoms with Crippen molar-refractivity contribution in [2.75, 3.05) is 13.1 Å². The van der Waals surface area contributed by atoms with E-state index in [-0.39, 0.29) is 23.8 Å². The number of amides is 1. The van der Waals surface area contributed by atoms with Crippen LogP contribution in [0.5, 0.6) is 0 Å². The first-order chi connectivity index (χ1) is 10.6. The molecule has 1 aromatic heterocycles. The topological polar surface area (TPSA) is 53.7 Å². The van der Waals surface area contributed by atoms with E-state index in [9.17, 15) is 9.90 Å². The number of carbonyl (C=O) groups excluding carboxylic acids is 1. The van der Waals surface area contributed by atoms with Gasteiger partial charge < -0.3 is 14.4 Å². The molecule has 1 aliphatic heterocycles. The summed E-state index contributed by atoms with van der Waals surface area (Å²) in [7, 11) is 0. The number of likely N-dealkylation sites (tertiary alicyclic amines) is 1. The summed E-state index contributed by atoms with van der Waals surface area (Å²) in [6.07, 6.45) is 1.58. The Labute approximate surface area is 130 Å². The summed E-state index contributed by atoms with van der Waals surface area (Å²) in [6.45, 7) is 5.11. The maximum atomic E-state index is 12.7. The van der Waals surface area contributed by atoms with Crippen LogP contribution in [0.3, 0.4) is 0 Å². The molecule has 2 heterocycles. The van der Waals surface area contributed by atoms with Crippen LogP contribution >= 0.6 is 0 Å². The second-order valence-corrected chi connectivity index (χ2v) is 6.34. The molecule has 3 unspecified atom stereocenters. The summed E-state index contributed by atoms with van der Waals surface area (Å²) >= 11 is 0.